The number of halogens is 2. The van der Waals surface area contributed by atoms with E-state index in [1.165, 1.54) is 12.0 Å². The molecular weight excluding hydrogens is 525 g/mol. The summed E-state index contributed by atoms with van der Waals surface area (Å²) in [5.74, 6) is -0.386. The first kappa shape index (κ1) is 25.3. The Morgan fingerprint density at radius 1 is 1.09 bits per heavy atom. The first-order valence-corrected chi connectivity index (χ1v) is 12.4. The fraction of sp³-hybridized carbons (Fsp3) is 0.115. The van der Waals surface area contributed by atoms with E-state index in [0.717, 1.165) is 17.3 Å². The largest absolute Gasteiger partial charge is 0.488 e. The third kappa shape index (κ3) is 5.70. The highest BCUT2D eigenvalue weighted by Crippen LogP contribution is 2.39. The molecule has 1 saturated heterocycles. The molecule has 0 spiro atoms. The van der Waals surface area contributed by atoms with Gasteiger partial charge in [0.1, 0.15) is 16.7 Å². The summed E-state index contributed by atoms with van der Waals surface area (Å²) in [5.41, 5.74) is 2.08. The zero-order valence-electron chi connectivity index (χ0n) is 18.4. The Labute approximate surface area is 222 Å². The average Bonchev–Trinajstić information content (AvgIpc) is 3.13. The average molecular weight is 544 g/mol. The minimum absolute atomic E-state index is 0.222. The quantitative estimate of drug-likeness (QED) is 0.188. The van der Waals surface area contributed by atoms with E-state index >= 15 is 0 Å². The van der Waals surface area contributed by atoms with Crippen molar-refractivity contribution in [3.05, 3.63) is 104 Å². The summed E-state index contributed by atoms with van der Waals surface area (Å²) in [7, 11) is 1.28. The fourth-order valence-corrected chi connectivity index (χ4v) is 5.27. The van der Waals surface area contributed by atoms with Gasteiger partial charge in [-0.15, -0.1) is 0 Å². The van der Waals surface area contributed by atoms with Gasteiger partial charge in [-0.05, 0) is 29.8 Å². The number of carbonyl (C=O) groups is 2. The molecule has 178 valence electrons. The first-order chi connectivity index (χ1) is 16.9. The number of rotatable bonds is 7. The lowest BCUT2D eigenvalue weighted by molar-refractivity contribution is -0.148. The van der Waals surface area contributed by atoms with Crippen molar-refractivity contribution in [2.24, 2.45) is 0 Å². The molecule has 4 rings (SSSR count). The number of carbonyl (C=O) groups excluding carboxylic acids is 2. The minimum Gasteiger partial charge on any atom is -0.488 e. The number of ether oxygens (including phenoxy) is 2. The molecule has 0 N–H and O–H groups in total. The molecule has 0 saturated carbocycles. The normalized spacial score (nSPS) is 15.4. The molecule has 1 aliphatic rings. The number of amides is 1. The molecule has 9 heteroatoms. The highest BCUT2D eigenvalue weighted by Gasteiger charge is 2.42. The van der Waals surface area contributed by atoms with Gasteiger partial charge < -0.3 is 9.47 Å². The molecule has 5 nitrogen and oxygen atoms in total. The van der Waals surface area contributed by atoms with Crippen molar-refractivity contribution in [1.29, 1.82) is 0 Å². The van der Waals surface area contributed by atoms with E-state index in [1.54, 1.807) is 54.6 Å². The summed E-state index contributed by atoms with van der Waals surface area (Å²) < 4.78 is 11.3. The lowest BCUT2D eigenvalue weighted by Gasteiger charge is -2.24. The van der Waals surface area contributed by atoms with E-state index in [2.05, 4.69) is 0 Å². The van der Waals surface area contributed by atoms with Crippen LogP contribution in [0, 0.1) is 0 Å². The van der Waals surface area contributed by atoms with Gasteiger partial charge in [-0.2, -0.15) is 0 Å². The maximum absolute atomic E-state index is 13.4. The third-order valence-corrected chi connectivity index (χ3v) is 7.14. The van der Waals surface area contributed by atoms with Crippen molar-refractivity contribution in [2.75, 3.05) is 7.11 Å². The number of hydrogen-bond donors (Lipinski definition) is 0. The lowest BCUT2D eigenvalue weighted by Crippen LogP contribution is -2.37. The Morgan fingerprint density at radius 3 is 2.51 bits per heavy atom. The number of thioether (sulfide) groups is 1. The zero-order valence-corrected chi connectivity index (χ0v) is 21.6. The van der Waals surface area contributed by atoms with Gasteiger partial charge in [0.05, 0.1) is 12.0 Å². The standard InChI is InChI=1S/C26H19Cl2NO4S2/c1-32-25(31)23(16-7-3-2-4-8-16)29-24(30)22(35-26(29)34)13-17-9-5-6-10-21(17)33-15-18-11-12-19(27)14-20(18)28/h2-14,23H,15H2,1H3/b22-13+. The fourth-order valence-electron chi connectivity index (χ4n) is 3.51. The molecule has 3 aromatic rings. The smallest absolute Gasteiger partial charge is 0.333 e. The molecule has 1 aliphatic heterocycles. The maximum Gasteiger partial charge on any atom is 0.333 e. The van der Waals surface area contributed by atoms with Crippen molar-refractivity contribution in [3.8, 4) is 5.75 Å². The molecule has 1 unspecified atom stereocenters. The van der Waals surface area contributed by atoms with Crippen LogP contribution in [0.2, 0.25) is 10.0 Å². The maximum atomic E-state index is 13.4. The SMILES string of the molecule is COC(=O)C(c1ccccc1)N1C(=O)/C(=C\c2ccccc2OCc2ccc(Cl)cc2Cl)SC1=S. The Hall–Kier alpha value is -2.84. The Kier molecular flexibility index (Phi) is 8.13. The van der Waals surface area contributed by atoms with Crippen molar-refractivity contribution in [2.45, 2.75) is 12.6 Å². The van der Waals surface area contributed by atoms with Crippen molar-refractivity contribution < 1.29 is 19.1 Å². The topological polar surface area (TPSA) is 55.8 Å². The van der Waals surface area contributed by atoms with Gasteiger partial charge in [-0.1, -0.05) is 102 Å². The summed E-state index contributed by atoms with van der Waals surface area (Å²) in [6.45, 7) is 0.222. The van der Waals surface area contributed by atoms with Gasteiger partial charge in [0.25, 0.3) is 5.91 Å². The van der Waals surface area contributed by atoms with E-state index < -0.39 is 12.0 Å². The second kappa shape index (κ2) is 11.3. The Morgan fingerprint density at radius 2 is 1.80 bits per heavy atom. The van der Waals surface area contributed by atoms with Crippen LogP contribution in [-0.2, 0) is 20.9 Å². The van der Waals surface area contributed by atoms with E-state index in [4.69, 9.17) is 44.9 Å². The Bertz CT molecular complexity index is 1310. The molecule has 0 radical (unpaired) electrons. The molecule has 0 aromatic heterocycles. The molecule has 0 aliphatic carbocycles. The van der Waals surface area contributed by atoms with E-state index in [0.29, 0.717) is 31.8 Å². The summed E-state index contributed by atoms with van der Waals surface area (Å²) in [5, 5.41) is 1.05. The summed E-state index contributed by atoms with van der Waals surface area (Å²) >= 11 is 18.8. The molecular formula is C26H19Cl2NO4S2. The van der Waals surface area contributed by atoms with Crippen molar-refractivity contribution >= 4 is 69.5 Å². The summed E-state index contributed by atoms with van der Waals surface area (Å²) in [4.78, 5) is 27.7. The lowest BCUT2D eigenvalue weighted by atomic mass is 10.1. The van der Waals surface area contributed by atoms with Crippen molar-refractivity contribution in [3.63, 3.8) is 0 Å². The van der Waals surface area contributed by atoms with Gasteiger partial charge in [-0.25, -0.2) is 4.79 Å². The second-order valence-corrected chi connectivity index (χ2v) is 9.97. The second-order valence-electron chi connectivity index (χ2n) is 7.45. The van der Waals surface area contributed by atoms with Gasteiger partial charge in [0, 0.05) is 21.2 Å². The number of methoxy groups -OCH3 is 1. The molecule has 1 amide bonds. The van der Waals surface area contributed by atoms with E-state index in [9.17, 15) is 9.59 Å². The van der Waals surface area contributed by atoms with Gasteiger partial charge in [0.15, 0.2) is 6.04 Å². The molecule has 3 aromatic carbocycles. The Balaban J connectivity index is 1.61. The molecule has 1 atom stereocenters. The molecule has 1 fully saturated rings. The number of esters is 1. The molecule has 1 heterocycles. The molecule has 0 bridgehead atoms. The van der Waals surface area contributed by atoms with E-state index in [1.807, 2.05) is 24.3 Å². The van der Waals surface area contributed by atoms with Crippen LogP contribution in [0.25, 0.3) is 6.08 Å². The number of hydrogen-bond acceptors (Lipinski definition) is 6. The van der Waals surface area contributed by atoms with Crippen LogP contribution < -0.4 is 4.74 Å². The molecule has 35 heavy (non-hydrogen) atoms. The summed E-state index contributed by atoms with van der Waals surface area (Å²) in [6.07, 6.45) is 1.71. The minimum atomic E-state index is -0.974. The van der Waals surface area contributed by atoms with Gasteiger partial charge in [-0.3, -0.25) is 9.69 Å². The van der Waals surface area contributed by atoms with E-state index in [-0.39, 0.29) is 16.8 Å². The van der Waals surface area contributed by atoms with Crippen LogP contribution in [-0.4, -0.2) is 28.2 Å². The highest BCUT2D eigenvalue weighted by atomic mass is 35.5. The zero-order chi connectivity index (χ0) is 24.9. The van der Waals surface area contributed by atoms with Gasteiger partial charge >= 0.3 is 5.97 Å². The van der Waals surface area contributed by atoms with Gasteiger partial charge in [0.2, 0.25) is 0 Å². The van der Waals surface area contributed by atoms with Crippen LogP contribution in [0.5, 0.6) is 5.75 Å². The predicted molar refractivity (Wildman–Crippen MR) is 143 cm³/mol. The first-order valence-electron chi connectivity index (χ1n) is 10.4. The predicted octanol–water partition coefficient (Wildman–Crippen LogP) is 6.69. The van der Waals surface area contributed by atoms with Crippen molar-refractivity contribution in [1.82, 2.24) is 4.90 Å². The third-order valence-electron chi connectivity index (χ3n) is 5.23. The number of nitrogens with zero attached hydrogens (tertiary/aromatic N) is 1. The van der Waals surface area contributed by atoms with Crippen LogP contribution in [0.4, 0.5) is 0 Å². The van der Waals surface area contributed by atoms with Crippen LogP contribution >= 0.6 is 47.2 Å². The highest BCUT2D eigenvalue weighted by molar-refractivity contribution is 8.26. The number of thiocarbonyl (C=S) groups is 1. The number of benzene rings is 3. The van der Waals surface area contributed by atoms with Crippen LogP contribution in [0.1, 0.15) is 22.7 Å². The summed E-state index contributed by atoms with van der Waals surface area (Å²) in [6, 6.07) is 20.5. The number of para-hydroxylation sites is 1. The van der Waals surface area contributed by atoms with Crippen LogP contribution in [0.3, 0.4) is 0 Å². The van der Waals surface area contributed by atoms with Crippen LogP contribution in [0.15, 0.2) is 77.7 Å². The monoisotopic (exact) mass is 543 g/mol.